The predicted molar refractivity (Wildman–Crippen MR) is 78.1 cm³/mol. The van der Waals surface area contributed by atoms with Crippen LogP contribution in [0.2, 0.25) is 0 Å². The Kier molecular flexibility index (Phi) is 8.06. The van der Waals surface area contributed by atoms with Crippen LogP contribution in [0.4, 0.5) is 0 Å². The first kappa shape index (κ1) is 16.9. The van der Waals surface area contributed by atoms with Crippen molar-refractivity contribution in [3.63, 3.8) is 0 Å². The van der Waals surface area contributed by atoms with Crippen molar-refractivity contribution in [1.82, 2.24) is 5.32 Å². The number of hydrogen-bond acceptors (Lipinski definition) is 2. The fourth-order valence-electron chi connectivity index (χ4n) is 1.92. The molecule has 1 atom stereocenters. The minimum atomic E-state index is 0.385. The molecule has 1 unspecified atom stereocenters. The van der Waals surface area contributed by atoms with Crippen LogP contribution in [0.3, 0.4) is 0 Å². The van der Waals surface area contributed by atoms with E-state index in [4.69, 9.17) is 5.73 Å². The molecular formula is C15H34N2. The zero-order valence-corrected chi connectivity index (χ0v) is 12.8. The first-order valence-electron chi connectivity index (χ1n) is 7.20. The van der Waals surface area contributed by atoms with E-state index in [9.17, 15) is 0 Å². The minimum Gasteiger partial charge on any atom is -0.330 e. The normalized spacial score (nSPS) is 14.6. The van der Waals surface area contributed by atoms with Crippen LogP contribution in [0, 0.1) is 23.2 Å². The number of rotatable bonds is 9. The Bertz CT molecular complexity index is 185. The molecule has 17 heavy (non-hydrogen) atoms. The van der Waals surface area contributed by atoms with Gasteiger partial charge in [0.25, 0.3) is 0 Å². The Morgan fingerprint density at radius 3 is 2.12 bits per heavy atom. The van der Waals surface area contributed by atoms with Crippen molar-refractivity contribution in [2.75, 3.05) is 19.6 Å². The maximum absolute atomic E-state index is 5.81. The van der Waals surface area contributed by atoms with E-state index in [1.165, 1.54) is 12.8 Å². The van der Waals surface area contributed by atoms with Crippen molar-refractivity contribution in [1.29, 1.82) is 0 Å². The van der Waals surface area contributed by atoms with Gasteiger partial charge in [-0.2, -0.15) is 0 Å². The fraction of sp³-hybridized carbons (Fsp3) is 1.00. The van der Waals surface area contributed by atoms with Crippen LogP contribution in [0.15, 0.2) is 0 Å². The third-order valence-electron chi connectivity index (χ3n) is 4.01. The van der Waals surface area contributed by atoms with Crippen LogP contribution >= 0.6 is 0 Å². The first-order valence-corrected chi connectivity index (χ1v) is 7.20. The lowest BCUT2D eigenvalue weighted by Crippen LogP contribution is -2.35. The summed E-state index contributed by atoms with van der Waals surface area (Å²) in [5.74, 6) is 2.16. The standard InChI is InChI=1S/C15H34N2/c1-12(2)9-14(10-16)7-8-17-11-15(5,6)13(3)4/h12-14,17H,7-11,16H2,1-6H3. The number of hydrogen-bond donors (Lipinski definition) is 2. The highest BCUT2D eigenvalue weighted by Crippen LogP contribution is 2.24. The minimum absolute atomic E-state index is 0.385. The lowest BCUT2D eigenvalue weighted by molar-refractivity contribution is 0.235. The van der Waals surface area contributed by atoms with E-state index >= 15 is 0 Å². The highest BCUT2D eigenvalue weighted by Gasteiger charge is 2.21. The predicted octanol–water partition coefficient (Wildman–Crippen LogP) is 3.27. The molecule has 0 aliphatic heterocycles. The van der Waals surface area contributed by atoms with E-state index in [1.54, 1.807) is 0 Å². The van der Waals surface area contributed by atoms with Crippen molar-refractivity contribution in [2.24, 2.45) is 28.9 Å². The average Bonchev–Trinajstić information content (AvgIpc) is 2.21. The molecule has 0 saturated heterocycles. The molecule has 2 heteroatoms. The molecule has 0 fully saturated rings. The summed E-state index contributed by atoms with van der Waals surface area (Å²) >= 11 is 0. The van der Waals surface area contributed by atoms with Gasteiger partial charge in [0.2, 0.25) is 0 Å². The molecular weight excluding hydrogens is 208 g/mol. The molecule has 0 amide bonds. The van der Waals surface area contributed by atoms with Crippen molar-refractivity contribution < 1.29 is 0 Å². The third-order valence-corrected chi connectivity index (χ3v) is 4.01. The summed E-state index contributed by atoms with van der Waals surface area (Å²) in [4.78, 5) is 0. The first-order chi connectivity index (χ1) is 7.79. The Morgan fingerprint density at radius 1 is 1.12 bits per heavy atom. The van der Waals surface area contributed by atoms with Gasteiger partial charge >= 0.3 is 0 Å². The molecule has 0 aliphatic rings. The Hall–Kier alpha value is -0.0800. The largest absolute Gasteiger partial charge is 0.330 e. The van der Waals surface area contributed by atoms with E-state index in [0.29, 0.717) is 11.3 Å². The maximum atomic E-state index is 5.81. The van der Waals surface area contributed by atoms with Gasteiger partial charge < -0.3 is 11.1 Å². The molecule has 0 aromatic heterocycles. The summed E-state index contributed by atoms with van der Waals surface area (Å²) in [6, 6.07) is 0. The summed E-state index contributed by atoms with van der Waals surface area (Å²) in [7, 11) is 0. The highest BCUT2D eigenvalue weighted by molar-refractivity contribution is 4.75. The van der Waals surface area contributed by atoms with Gasteiger partial charge in [-0.25, -0.2) is 0 Å². The molecule has 0 rings (SSSR count). The van der Waals surface area contributed by atoms with E-state index in [2.05, 4.69) is 46.9 Å². The Labute approximate surface area is 109 Å². The van der Waals surface area contributed by atoms with E-state index in [0.717, 1.165) is 31.5 Å². The smallest absolute Gasteiger partial charge is 0.000497 e. The molecule has 0 radical (unpaired) electrons. The SMILES string of the molecule is CC(C)CC(CN)CCNCC(C)(C)C(C)C. The maximum Gasteiger partial charge on any atom is 0.000497 e. The van der Waals surface area contributed by atoms with Crippen LogP contribution in [-0.4, -0.2) is 19.6 Å². The second-order valence-electron chi connectivity index (χ2n) is 6.84. The summed E-state index contributed by atoms with van der Waals surface area (Å²) in [6.07, 6.45) is 2.47. The summed E-state index contributed by atoms with van der Waals surface area (Å²) < 4.78 is 0. The van der Waals surface area contributed by atoms with Gasteiger partial charge in [-0.3, -0.25) is 0 Å². The van der Waals surface area contributed by atoms with Crippen molar-refractivity contribution in [3.05, 3.63) is 0 Å². The molecule has 0 spiro atoms. The van der Waals surface area contributed by atoms with Crippen molar-refractivity contribution in [2.45, 2.75) is 54.4 Å². The van der Waals surface area contributed by atoms with Crippen molar-refractivity contribution in [3.8, 4) is 0 Å². The molecule has 104 valence electrons. The molecule has 0 aromatic rings. The molecule has 3 N–H and O–H groups in total. The van der Waals surface area contributed by atoms with Gasteiger partial charge in [-0.15, -0.1) is 0 Å². The van der Waals surface area contributed by atoms with Gasteiger partial charge in [0, 0.05) is 6.54 Å². The lowest BCUT2D eigenvalue weighted by atomic mass is 9.81. The monoisotopic (exact) mass is 242 g/mol. The molecule has 0 heterocycles. The van der Waals surface area contributed by atoms with Crippen molar-refractivity contribution >= 4 is 0 Å². The van der Waals surface area contributed by atoms with E-state index in [-0.39, 0.29) is 0 Å². The lowest BCUT2D eigenvalue weighted by Gasteiger charge is -2.30. The second kappa shape index (κ2) is 8.10. The molecule has 0 bridgehead atoms. The summed E-state index contributed by atoms with van der Waals surface area (Å²) in [5, 5.41) is 3.59. The van der Waals surface area contributed by atoms with Crippen LogP contribution in [0.1, 0.15) is 54.4 Å². The average molecular weight is 242 g/mol. The molecule has 0 aliphatic carbocycles. The third kappa shape index (κ3) is 7.77. The second-order valence-corrected chi connectivity index (χ2v) is 6.84. The molecule has 2 nitrogen and oxygen atoms in total. The van der Waals surface area contributed by atoms with E-state index in [1.807, 2.05) is 0 Å². The van der Waals surface area contributed by atoms with E-state index < -0.39 is 0 Å². The van der Waals surface area contributed by atoms with Gasteiger partial charge in [0.1, 0.15) is 0 Å². The van der Waals surface area contributed by atoms with Crippen LogP contribution in [0.25, 0.3) is 0 Å². The van der Waals surface area contributed by atoms with Crippen LogP contribution in [0.5, 0.6) is 0 Å². The summed E-state index contributed by atoms with van der Waals surface area (Å²) in [5.41, 5.74) is 6.19. The van der Waals surface area contributed by atoms with Gasteiger partial charge in [0.05, 0.1) is 0 Å². The molecule has 0 saturated carbocycles. The van der Waals surface area contributed by atoms with Crippen LogP contribution < -0.4 is 11.1 Å². The topological polar surface area (TPSA) is 38.0 Å². The quantitative estimate of drug-likeness (QED) is 0.609. The number of nitrogens with two attached hydrogens (primary N) is 1. The molecule has 0 aromatic carbocycles. The zero-order valence-electron chi connectivity index (χ0n) is 12.8. The van der Waals surface area contributed by atoms with Gasteiger partial charge in [-0.1, -0.05) is 41.5 Å². The summed E-state index contributed by atoms with van der Waals surface area (Å²) in [6.45, 7) is 16.8. The zero-order chi connectivity index (χ0) is 13.5. The fourth-order valence-corrected chi connectivity index (χ4v) is 1.92. The van der Waals surface area contributed by atoms with Gasteiger partial charge in [-0.05, 0) is 49.1 Å². The number of nitrogens with one attached hydrogen (secondary N) is 1. The highest BCUT2D eigenvalue weighted by atomic mass is 14.9. The Morgan fingerprint density at radius 2 is 1.71 bits per heavy atom. The van der Waals surface area contributed by atoms with Crippen LogP contribution in [-0.2, 0) is 0 Å². The van der Waals surface area contributed by atoms with Gasteiger partial charge in [0.15, 0.2) is 0 Å². The Balaban J connectivity index is 3.75.